The molecular formula is C18H13FN4. The molecule has 2 aromatic carbocycles. The van der Waals surface area contributed by atoms with E-state index in [4.69, 9.17) is 0 Å². The molecule has 4 rings (SSSR count). The Morgan fingerprint density at radius 2 is 1.87 bits per heavy atom. The van der Waals surface area contributed by atoms with Gasteiger partial charge in [0.1, 0.15) is 18.0 Å². The maximum absolute atomic E-state index is 13.5. The zero-order valence-corrected chi connectivity index (χ0v) is 12.2. The molecular weight excluding hydrogens is 291 g/mol. The van der Waals surface area contributed by atoms with Crippen molar-refractivity contribution in [2.45, 2.75) is 6.54 Å². The molecule has 4 aromatic rings. The van der Waals surface area contributed by atoms with E-state index in [1.54, 1.807) is 12.3 Å². The van der Waals surface area contributed by atoms with Gasteiger partial charge in [-0.05, 0) is 29.8 Å². The number of halogens is 1. The van der Waals surface area contributed by atoms with Crippen LogP contribution in [0.5, 0.6) is 0 Å². The number of para-hydroxylation sites is 1. The average Bonchev–Trinajstić information content (AvgIpc) is 2.60. The van der Waals surface area contributed by atoms with E-state index in [9.17, 15) is 4.39 Å². The van der Waals surface area contributed by atoms with E-state index in [-0.39, 0.29) is 5.82 Å². The number of aromatic nitrogens is 3. The van der Waals surface area contributed by atoms with Gasteiger partial charge >= 0.3 is 0 Å². The average molecular weight is 304 g/mol. The van der Waals surface area contributed by atoms with Gasteiger partial charge in [-0.2, -0.15) is 0 Å². The lowest BCUT2D eigenvalue weighted by Gasteiger charge is -2.10. The molecule has 23 heavy (non-hydrogen) atoms. The third-order valence-electron chi connectivity index (χ3n) is 3.76. The molecule has 0 unspecified atom stereocenters. The Labute approximate surface area is 132 Å². The standard InChI is InChI=1S/C18H13FN4/c19-14-6-7-16-15(9-14)18(23-11-22-16)21-10-13-4-1-3-12-5-2-8-20-17(12)13/h1-9,11H,10H2,(H,21,22,23). The number of fused-ring (bicyclic) bond motifs is 2. The number of hydrogen-bond donors (Lipinski definition) is 1. The number of nitrogens with one attached hydrogen (secondary N) is 1. The molecule has 0 radical (unpaired) electrons. The lowest BCUT2D eigenvalue weighted by molar-refractivity contribution is 0.629. The minimum absolute atomic E-state index is 0.304. The van der Waals surface area contributed by atoms with Gasteiger partial charge in [-0.15, -0.1) is 0 Å². The van der Waals surface area contributed by atoms with E-state index >= 15 is 0 Å². The second kappa shape index (κ2) is 5.61. The Hall–Kier alpha value is -3.08. The molecule has 0 aliphatic carbocycles. The zero-order valence-electron chi connectivity index (χ0n) is 12.2. The fourth-order valence-electron chi connectivity index (χ4n) is 2.66. The van der Waals surface area contributed by atoms with Crippen molar-refractivity contribution in [1.29, 1.82) is 0 Å². The van der Waals surface area contributed by atoms with Crippen molar-refractivity contribution in [3.05, 3.63) is 72.4 Å². The molecule has 2 heterocycles. The third-order valence-corrected chi connectivity index (χ3v) is 3.76. The smallest absolute Gasteiger partial charge is 0.137 e. The van der Waals surface area contributed by atoms with E-state index < -0.39 is 0 Å². The van der Waals surface area contributed by atoms with Gasteiger partial charge in [0.2, 0.25) is 0 Å². The number of anilines is 1. The normalized spacial score (nSPS) is 11.0. The Balaban J connectivity index is 1.70. The molecule has 1 N–H and O–H groups in total. The van der Waals surface area contributed by atoms with Gasteiger partial charge < -0.3 is 5.32 Å². The summed E-state index contributed by atoms with van der Waals surface area (Å²) in [6, 6.07) is 14.5. The maximum Gasteiger partial charge on any atom is 0.137 e. The molecule has 0 aliphatic heterocycles. The second-order valence-corrected chi connectivity index (χ2v) is 5.23. The van der Waals surface area contributed by atoms with Crippen LogP contribution in [0, 0.1) is 5.82 Å². The molecule has 112 valence electrons. The van der Waals surface area contributed by atoms with E-state index in [1.165, 1.54) is 18.5 Å². The van der Waals surface area contributed by atoms with Crippen molar-refractivity contribution in [2.24, 2.45) is 0 Å². The summed E-state index contributed by atoms with van der Waals surface area (Å²) in [7, 11) is 0. The van der Waals surface area contributed by atoms with Gasteiger partial charge in [-0.3, -0.25) is 4.98 Å². The molecule has 0 atom stereocenters. The minimum atomic E-state index is -0.304. The highest BCUT2D eigenvalue weighted by molar-refractivity contribution is 5.89. The highest BCUT2D eigenvalue weighted by Crippen LogP contribution is 2.22. The number of benzene rings is 2. The highest BCUT2D eigenvalue weighted by atomic mass is 19.1. The monoisotopic (exact) mass is 304 g/mol. The summed E-state index contributed by atoms with van der Waals surface area (Å²) in [5.74, 6) is 0.310. The fourth-order valence-corrected chi connectivity index (χ4v) is 2.66. The van der Waals surface area contributed by atoms with Crippen LogP contribution >= 0.6 is 0 Å². The van der Waals surface area contributed by atoms with Crippen LogP contribution in [0.3, 0.4) is 0 Å². The number of nitrogens with zero attached hydrogens (tertiary/aromatic N) is 3. The van der Waals surface area contributed by atoms with Crippen LogP contribution in [0.15, 0.2) is 61.1 Å². The predicted molar refractivity (Wildman–Crippen MR) is 88.6 cm³/mol. The Morgan fingerprint density at radius 1 is 0.957 bits per heavy atom. The first-order chi connectivity index (χ1) is 11.3. The van der Waals surface area contributed by atoms with Crippen molar-refractivity contribution < 1.29 is 4.39 Å². The number of rotatable bonds is 3. The van der Waals surface area contributed by atoms with Gasteiger partial charge in [0.05, 0.1) is 11.0 Å². The first-order valence-corrected chi connectivity index (χ1v) is 7.28. The van der Waals surface area contributed by atoms with E-state index in [2.05, 4.69) is 20.3 Å². The van der Waals surface area contributed by atoms with Crippen LogP contribution in [0.4, 0.5) is 10.2 Å². The first-order valence-electron chi connectivity index (χ1n) is 7.28. The van der Waals surface area contributed by atoms with Crippen LogP contribution in [0.1, 0.15) is 5.56 Å². The molecule has 0 saturated heterocycles. The molecule has 0 amide bonds. The SMILES string of the molecule is Fc1ccc2ncnc(NCc3cccc4cccnc34)c2c1. The highest BCUT2D eigenvalue weighted by Gasteiger charge is 2.06. The van der Waals surface area contributed by atoms with E-state index in [0.717, 1.165) is 16.5 Å². The molecule has 0 bridgehead atoms. The Bertz CT molecular complexity index is 995. The quantitative estimate of drug-likeness (QED) is 0.623. The number of pyridine rings is 1. The van der Waals surface area contributed by atoms with Crippen LogP contribution in [-0.2, 0) is 6.54 Å². The Kier molecular flexibility index (Phi) is 3.31. The largest absolute Gasteiger partial charge is 0.365 e. The second-order valence-electron chi connectivity index (χ2n) is 5.23. The lowest BCUT2D eigenvalue weighted by Crippen LogP contribution is -2.03. The predicted octanol–water partition coefficient (Wildman–Crippen LogP) is 3.93. The molecule has 2 aromatic heterocycles. The molecule has 4 nitrogen and oxygen atoms in total. The Morgan fingerprint density at radius 3 is 2.83 bits per heavy atom. The van der Waals surface area contributed by atoms with Crippen molar-refractivity contribution in [2.75, 3.05) is 5.32 Å². The first kappa shape index (κ1) is 13.6. The summed E-state index contributed by atoms with van der Waals surface area (Å²) in [6.45, 7) is 0.553. The van der Waals surface area contributed by atoms with E-state index in [1.807, 2.05) is 30.3 Å². The van der Waals surface area contributed by atoms with Crippen LogP contribution in [-0.4, -0.2) is 15.0 Å². The molecule has 0 fully saturated rings. The van der Waals surface area contributed by atoms with Crippen molar-refractivity contribution in [1.82, 2.24) is 15.0 Å². The van der Waals surface area contributed by atoms with Gasteiger partial charge in [-0.25, -0.2) is 14.4 Å². The van der Waals surface area contributed by atoms with Gasteiger partial charge in [0.15, 0.2) is 0 Å². The third kappa shape index (κ3) is 2.57. The van der Waals surface area contributed by atoms with Crippen molar-refractivity contribution in [3.63, 3.8) is 0 Å². The van der Waals surface area contributed by atoms with Gasteiger partial charge in [0, 0.05) is 23.5 Å². The van der Waals surface area contributed by atoms with Crippen molar-refractivity contribution in [3.8, 4) is 0 Å². The van der Waals surface area contributed by atoms with Crippen molar-refractivity contribution >= 4 is 27.6 Å². The van der Waals surface area contributed by atoms with Crippen LogP contribution in [0.2, 0.25) is 0 Å². The summed E-state index contributed by atoms with van der Waals surface area (Å²) >= 11 is 0. The summed E-state index contributed by atoms with van der Waals surface area (Å²) in [5, 5.41) is 5.02. The molecule has 0 saturated carbocycles. The molecule has 0 aliphatic rings. The fraction of sp³-hybridized carbons (Fsp3) is 0.0556. The summed E-state index contributed by atoms with van der Waals surface area (Å²) in [6.07, 6.45) is 3.26. The topological polar surface area (TPSA) is 50.7 Å². The van der Waals surface area contributed by atoms with E-state index in [0.29, 0.717) is 23.3 Å². The van der Waals surface area contributed by atoms with Gasteiger partial charge in [0.25, 0.3) is 0 Å². The number of hydrogen-bond acceptors (Lipinski definition) is 4. The zero-order chi connectivity index (χ0) is 15.6. The summed E-state index contributed by atoms with van der Waals surface area (Å²) in [4.78, 5) is 12.8. The summed E-state index contributed by atoms with van der Waals surface area (Å²) in [5.41, 5.74) is 2.72. The maximum atomic E-state index is 13.5. The molecule has 0 spiro atoms. The lowest BCUT2D eigenvalue weighted by atomic mass is 10.1. The minimum Gasteiger partial charge on any atom is -0.365 e. The van der Waals surface area contributed by atoms with Gasteiger partial charge in [-0.1, -0.05) is 24.3 Å². The van der Waals surface area contributed by atoms with Crippen LogP contribution < -0.4 is 5.32 Å². The molecule has 5 heteroatoms. The summed E-state index contributed by atoms with van der Waals surface area (Å²) < 4.78 is 13.5. The van der Waals surface area contributed by atoms with Crippen LogP contribution in [0.25, 0.3) is 21.8 Å².